The molecule has 0 heteroatoms. The van der Waals surface area contributed by atoms with Gasteiger partial charge in [0.15, 0.2) is 0 Å². The summed E-state index contributed by atoms with van der Waals surface area (Å²) >= 11 is 0. The molecule has 0 unspecified atom stereocenters. The van der Waals surface area contributed by atoms with E-state index in [2.05, 4.69) is 0 Å². The number of rotatable bonds is 3. The summed E-state index contributed by atoms with van der Waals surface area (Å²) in [5, 5.41) is -4.52. The molecule has 0 aromatic heterocycles. The number of fused-ring (bicyclic) bond motifs is 4. The summed E-state index contributed by atoms with van der Waals surface area (Å²) in [6.07, 6.45) is 0. The molecule has 0 aliphatic carbocycles. The maximum Gasteiger partial charge on any atom is 0.0636 e. The van der Waals surface area contributed by atoms with Gasteiger partial charge in [-0.25, -0.2) is 0 Å². The highest BCUT2D eigenvalue weighted by atomic mass is 14.2. The number of hydrogen-bond donors (Lipinski definition) is 0. The Kier molecular flexibility index (Phi) is 2.05. The second-order valence-corrected chi connectivity index (χ2v) is 8.58. The monoisotopic (exact) mass is 531 g/mol. The van der Waals surface area contributed by atoms with Crippen LogP contribution in [-0.2, 0) is 0 Å². The van der Waals surface area contributed by atoms with E-state index in [-0.39, 0.29) is 5.39 Å². The third kappa shape index (κ3) is 3.61. The van der Waals surface area contributed by atoms with Crippen LogP contribution < -0.4 is 0 Å². The van der Waals surface area contributed by atoms with Crippen molar-refractivity contribution >= 4 is 43.1 Å². The van der Waals surface area contributed by atoms with E-state index in [0.29, 0.717) is 0 Å². The van der Waals surface area contributed by atoms with E-state index in [0.717, 1.165) is 6.07 Å². The maximum atomic E-state index is 9.43. The molecule has 0 atom stereocenters. The minimum Gasteiger partial charge on any atom is -0.0616 e. The summed E-state index contributed by atoms with van der Waals surface area (Å²) in [7, 11) is 0. The lowest BCUT2D eigenvalue weighted by molar-refractivity contribution is 1.63. The fourth-order valence-corrected chi connectivity index (χ4v) is 4.65. The Balaban J connectivity index is 1.68. The summed E-state index contributed by atoms with van der Waals surface area (Å²) in [6, 6.07) is -20.8. The minimum absolute atomic E-state index is 0.322. The molecule has 0 heterocycles. The molecule has 0 nitrogen and oxygen atoms in total. The van der Waals surface area contributed by atoms with Gasteiger partial charge in [-0.05, 0) is 82.5 Å². The average molecular weight is 532 g/mol. The molecule has 0 aliphatic heterocycles. The normalized spacial score (nSPS) is 20.2. The van der Waals surface area contributed by atoms with Gasteiger partial charge in [0.05, 0.1) is 34.3 Å². The van der Waals surface area contributed by atoms with Crippen molar-refractivity contribution in [3.8, 4) is 33.4 Å². The SMILES string of the molecule is [2H]c1cc2c([2H])c([2H])c([2H])c(-c3c4c([2H])c([2H])c([2H])c([2H])c4c(-c4c([2H])c([2H])c(-c5c([2H])c([2H])c6c([2H])c([2H])c([2H])c([2H])c6c5[2H])c([2H])c4[2H])c4c([2H])c([2H])c([2H])c([2H])c34)c2c([2H])c1[2H]. The summed E-state index contributed by atoms with van der Waals surface area (Å²) < 4.78 is 222. The Morgan fingerprint density at radius 3 is 1.57 bits per heavy atom. The van der Waals surface area contributed by atoms with Gasteiger partial charge >= 0.3 is 0 Å². The molecule has 0 amide bonds. The average Bonchev–Trinajstić information content (AvgIpc) is 3.27. The van der Waals surface area contributed by atoms with Gasteiger partial charge in [0, 0.05) is 0 Å². The molecule has 0 fully saturated rings. The quantitative estimate of drug-likeness (QED) is 0.199. The molecule has 40 heavy (non-hydrogen) atoms. The van der Waals surface area contributed by atoms with Crippen molar-refractivity contribution < 1.29 is 34.3 Å². The van der Waals surface area contributed by atoms with Crippen molar-refractivity contribution in [1.29, 1.82) is 0 Å². The van der Waals surface area contributed by atoms with Gasteiger partial charge in [-0.15, -0.1) is 0 Å². The van der Waals surface area contributed by atoms with Gasteiger partial charge in [-0.1, -0.05) is 151 Å². The molecular weight excluding hydrogens is 480 g/mol. The van der Waals surface area contributed by atoms with E-state index in [4.69, 9.17) is 21.9 Å². The molecule has 186 valence electrons. The van der Waals surface area contributed by atoms with Crippen molar-refractivity contribution in [1.82, 2.24) is 0 Å². The van der Waals surface area contributed by atoms with Gasteiger partial charge in [-0.2, -0.15) is 0 Å². The standard InChI is InChI=1S/C40H26/c1-2-12-31-26-32(25-22-27(31)10-1)28-20-23-30(24-21-28)39-35-15-5-7-17-37(35)40(38-18-8-6-16-36(38)39)34-19-9-13-29-11-3-4-14-33(29)34/h1-26H/i1D,2D,3D,4D,5D,6D,7D,8D,9D,10D,12D,13D,14D,15D,16D,17D,18D,19D,20D,21D,22D,23D,24D,25D,26D. The molecular formula is C40H26. The van der Waals surface area contributed by atoms with Gasteiger partial charge in [-0.3, -0.25) is 0 Å². The van der Waals surface area contributed by atoms with Crippen LogP contribution >= 0.6 is 0 Å². The maximum absolute atomic E-state index is 9.43. The zero-order valence-electron chi connectivity index (χ0n) is 45.1. The fraction of sp³-hybridized carbons (Fsp3) is 0. The topological polar surface area (TPSA) is 0 Å². The zero-order valence-corrected chi connectivity index (χ0v) is 20.1. The Morgan fingerprint density at radius 1 is 0.325 bits per heavy atom. The molecule has 0 aliphatic rings. The molecule has 0 N–H and O–H groups in total. The van der Waals surface area contributed by atoms with Crippen molar-refractivity contribution in [2.24, 2.45) is 0 Å². The van der Waals surface area contributed by atoms with Crippen LogP contribution in [0.25, 0.3) is 76.5 Å². The van der Waals surface area contributed by atoms with E-state index in [1.165, 1.54) is 0 Å². The van der Waals surface area contributed by atoms with Gasteiger partial charge in [0.25, 0.3) is 0 Å². The summed E-state index contributed by atoms with van der Waals surface area (Å²) in [4.78, 5) is 0. The molecule has 0 saturated carbocycles. The van der Waals surface area contributed by atoms with Crippen LogP contribution in [0.2, 0.25) is 0 Å². The number of benzene rings is 8. The predicted octanol–water partition coefficient (Wildman–Crippen LogP) is 11.3. The fourth-order valence-electron chi connectivity index (χ4n) is 4.65. The van der Waals surface area contributed by atoms with Gasteiger partial charge in [0.1, 0.15) is 0 Å². The molecule has 0 bridgehead atoms. The van der Waals surface area contributed by atoms with Crippen LogP contribution in [0.4, 0.5) is 0 Å². The number of hydrogen-bond acceptors (Lipinski definition) is 0. The van der Waals surface area contributed by atoms with E-state index in [1.807, 2.05) is 0 Å². The van der Waals surface area contributed by atoms with Gasteiger partial charge < -0.3 is 0 Å². The van der Waals surface area contributed by atoms with Gasteiger partial charge in [0.2, 0.25) is 0 Å². The highest BCUT2D eigenvalue weighted by Gasteiger charge is 2.17. The minimum atomic E-state index is -1.05. The second kappa shape index (κ2) is 9.22. The summed E-state index contributed by atoms with van der Waals surface area (Å²) in [6.45, 7) is 0. The molecule has 8 aromatic rings. The van der Waals surface area contributed by atoms with Crippen LogP contribution in [0.5, 0.6) is 0 Å². The predicted molar refractivity (Wildman–Crippen MR) is 173 cm³/mol. The van der Waals surface area contributed by atoms with E-state index >= 15 is 0 Å². The Morgan fingerprint density at radius 2 is 0.850 bits per heavy atom. The third-order valence-electron chi connectivity index (χ3n) is 6.38. The zero-order chi connectivity index (χ0) is 48.2. The van der Waals surface area contributed by atoms with Crippen LogP contribution in [0.1, 0.15) is 34.3 Å². The lowest BCUT2D eigenvalue weighted by Crippen LogP contribution is -1.91. The van der Waals surface area contributed by atoms with Crippen molar-refractivity contribution in [2.45, 2.75) is 0 Å². The first-order valence-corrected chi connectivity index (χ1v) is 11.8. The molecule has 8 rings (SSSR count). The first-order valence-electron chi connectivity index (χ1n) is 24.3. The van der Waals surface area contributed by atoms with Crippen molar-refractivity contribution in [3.63, 3.8) is 0 Å². The van der Waals surface area contributed by atoms with Crippen LogP contribution in [0, 0.1) is 0 Å². The third-order valence-corrected chi connectivity index (χ3v) is 6.38. The van der Waals surface area contributed by atoms with E-state index < -0.39 is 222 Å². The molecule has 0 saturated heterocycles. The van der Waals surface area contributed by atoms with Crippen LogP contribution in [-0.4, -0.2) is 0 Å². The Labute approximate surface area is 268 Å². The highest BCUT2D eigenvalue weighted by molar-refractivity contribution is 6.23. The second-order valence-electron chi connectivity index (χ2n) is 8.58. The Hall–Kier alpha value is -5.20. The summed E-state index contributed by atoms with van der Waals surface area (Å²) in [5.41, 5.74) is -4.23. The largest absolute Gasteiger partial charge is 0.0636 e. The lowest BCUT2D eigenvalue weighted by Gasteiger charge is -2.19. The van der Waals surface area contributed by atoms with E-state index in [1.54, 1.807) is 0 Å². The summed E-state index contributed by atoms with van der Waals surface area (Å²) in [5.74, 6) is 0. The molecule has 0 spiro atoms. The molecule has 8 aromatic carbocycles. The lowest BCUT2D eigenvalue weighted by atomic mass is 9.84. The first-order chi connectivity index (χ1) is 30.3. The van der Waals surface area contributed by atoms with Crippen molar-refractivity contribution in [2.75, 3.05) is 0 Å². The van der Waals surface area contributed by atoms with Crippen molar-refractivity contribution in [3.05, 3.63) is 157 Å². The van der Waals surface area contributed by atoms with Crippen LogP contribution in [0.3, 0.4) is 0 Å². The Bertz CT molecular complexity index is 3490. The van der Waals surface area contributed by atoms with Crippen LogP contribution in [0.15, 0.2) is 157 Å². The molecule has 0 radical (unpaired) electrons. The smallest absolute Gasteiger partial charge is 0.0616 e. The van der Waals surface area contributed by atoms with E-state index in [9.17, 15) is 12.3 Å². The highest BCUT2D eigenvalue weighted by Crippen LogP contribution is 2.45. The first kappa shape index (κ1) is 8.91.